The molecule has 3 heteroatoms. The first-order valence-corrected chi connectivity index (χ1v) is 7.00. The van der Waals surface area contributed by atoms with Gasteiger partial charge in [-0.2, -0.15) is 0 Å². The number of ether oxygens (including phenoxy) is 1. The first kappa shape index (κ1) is 14.5. The molecule has 1 aliphatic heterocycles. The number of esters is 1. The fourth-order valence-corrected chi connectivity index (χ4v) is 2.54. The van der Waals surface area contributed by atoms with E-state index in [1.54, 1.807) is 0 Å². The van der Waals surface area contributed by atoms with Gasteiger partial charge in [-0.1, -0.05) is 27.2 Å². The van der Waals surface area contributed by atoms with Crippen LogP contribution in [0.15, 0.2) is 0 Å². The van der Waals surface area contributed by atoms with Crippen LogP contribution in [0, 0.1) is 11.8 Å². The smallest absolute Gasteiger partial charge is 0.323 e. The standard InChI is InChI=1S/C14H27NO2/c1-5-7-13(14(16)17-6-2)15-9-8-11(3)12(4)10-15/h11-13H,5-10H2,1-4H3. The van der Waals surface area contributed by atoms with E-state index in [9.17, 15) is 4.79 Å². The molecule has 1 rings (SSSR count). The van der Waals surface area contributed by atoms with Crippen LogP contribution < -0.4 is 0 Å². The fraction of sp³-hybridized carbons (Fsp3) is 0.929. The van der Waals surface area contributed by atoms with Crippen molar-refractivity contribution in [3.05, 3.63) is 0 Å². The number of carbonyl (C=O) groups is 1. The Hall–Kier alpha value is -0.570. The van der Waals surface area contributed by atoms with Crippen LogP contribution in [0.3, 0.4) is 0 Å². The van der Waals surface area contributed by atoms with Crippen molar-refractivity contribution in [1.29, 1.82) is 0 Å². The van der Waals surface area contributed by atoms with Gasteiger partial charge in [-0.25, -0.2) is 0 Å². The summed E-state index contributed by atoms with van der Waals surface area (Å²) in [6, 6.07) is -0.0186. The van der Waals surface area contributed by atoms with Crippen LogP contribution in [0.2, 0.25) is 0 Å². The highest BCUT2D eigenvalue weighted by Gasteiger charge is 2.31. The maximum absolute atomic E-state index is 12.0. The Morgan fingerprint density at radius 2 is 2.06 bits per heavy atom. The molecule has 0 N–H and O–H groups in total. The van der Waals surface area contributed by atoms with Gasteiger partial charge in [-0.3, -0.25) is 9.69 Å². The van der Waals surface area contributed by atoms with E-state index in [0.717, 1.165) is 31.8 Å². The molecule has 0 amide bonds. The number of hydrogen-bond donors (Lipinski definition) is 0. The SMILES string of the molecule is CCCC(C(=O)OCC)N1CCC(C)C(C)C1. The Bertz CT molecular complexity index is 242. The normalized spacial score (nSPS) is 27.8. The molecule has 3 nitrogen and oxygen atoms in total. The quantitative estimate of drug-likeness (QED) is 0.693. The highest BCUT2D eigenvalue weighted by atomic mass is 16.5. The zero-order chi connectivity index (χ0) is 12.8. The van der Waals surface area contributed by atoms with Gasteiger partial charge in [-0.05, 0) is 38.1 Å². The van der Waals surface area contributed by atoms with Gasteiger partial charge in [0.2, 0.25) is 0 Å². The Morgan fingerprint density at radius 1 is 1.35 bits per heavy atom. The van der Waals surface area contributed by atoms with Gasteiger partial charge in [0.1, 0.15) is 6.04 Å². The van der Waals surface area contributed by atoms with E-state index in [0.29, 0.717) is 12.5 Å². The summed E-state index contributed by atoms with van der Waals surface area (Å²) < 4.78 is 5.19. The highest BCUT2D eigenvalue weighted by molar-refractivity contribution is 5.75. The molecule has 100 valence electrons. The average Bonchev–Trinajstić information content (AvgIpc) is 2.30. The summed E-state index contributed by atoms with van der Waals surface area (Å²) >= 11 is 0. The Kier molecular flexibility index (Phi) is 5.96. The molecule has 1 saturated heterocycles. The minimum atomic E-state index is -0.0314. The molecule has 1 fully saturated rings. The van der Waals surface area contributed by atoms with Gasteiger partial charge in [0.05, 0.1) is 6.61 Å². The van der Waals surface area contributed by atoms with Gasteiger partial charge in [0.25, 0.3) is 0 Å². The van der Waals surface area contributed by atoms with Crippen LogP contribution in [0.5, 0.6) is 0 Å². The predicted molar refractivity (Wildman–Crippen MR) is 69.8 cm³/mol. The first-order chi connectivity index (χ1) is 8.10. The van der Waals surface area contributed by atoms with Gasteiger partial charge in [0, 0.05) is 6.54 Å². The summed E-state index contributed by atoms with van der Waals surface area (Å²) in [6.45, 7) is 11.1. The molecular weight excluding hydrogens is 214 g/mol. The van der Waals surface area contributed by atoms with E-state index in [1.807, 2.05) is 6.92 Å². The second-order valence-electron chi connectivity index (χ2n) is 5.29. The van der Waals surface area contributed by atoms with Crippen molar-refractivity contribution in [1.82, 2.24) is 4.90 Å². The predicted octanol–water partition coefficient (Wildman–Crippen LogP) is 2.70. The first-order valence-electron chi connectivity index (χ1n) is 7.00. The molecule has 1 heterocycles. The number of rotatable bonds is 5. The van der Waals surface area contributed by atoms with E-state index in [4.69, 9.17) is 4.74 Å². The zero-order valence-electron chi connectivity index (χ0n) is 11.7. The second kappa shape index (κ2) is 7.00. The van der Waals surface area contributed by atoms with Crippen molar-refractivity contribution in [2.75, 3.05) is 19.7 Å². The largest absolute Gasteiger partial charge is 0.465 e. The van der Waals surface area contributed by atoms with Crippen LogP contribution >= 0.6 is 0 Å². The average molecular weight is 241 g/mol. The van der Waals surface area contributed by atoms with Gasteiger partial charge < -0.3 is 4.74 Å². The lowest BCUT2D eigenvalue weighted by Gasteiger charge is -2.39. The van der Waals surface area contributed by atoms with Gasteiger partial charge in [-0.15, -0.1) is 0 Å². The van der Waals surface area contributed by atoms with Crippen molar-refractivity contribution in [3.8, 4) is 0 Å². The number of piperidine rings is 1. The monoisotopic (exact) mass is 241 g/mol. The number of carbonyl (C=O) groups excluding carboxylic acids is 1. The molecule has 0 saturated carbocycles. The number of hydrogen-bond acceptors (Lipinski definition) is 3. The minimum absolute atomic E-state index is 0.0186. The van der Waals surface area contributed by atoms with E-state index in [2.05, 4.69) is 25.7 Å². The molecule has 1 aliphatic rings. The second-order valence-corrected chi connectivity index (χ2v) is 5.29. The van der Waals surface area contributed by atoms with E-state index in [-0.39, 0.29) is 12.0 Å². The molecule has 0 aromatic rings. The van der Waals surface area contributed by atoms with E-state index >= 15 is 0 Å². The summed E-state index contributed by atoms with van der Waals surface area (Å²) in [7, 11) is 0. The van der Waals surface area contributed by atoms with E-state index < -0.39 is 0 Å². The molecule has 3 atom stereocenters. The van der Waals surface area contributed by atoms with Crippen molar-refractivity contribution in [2.45, 2.75) is 53.0 Å². The third-order valence-corrected chi connectivity index (χ3v) is 3.93. The highest BCUT2D eigenvalue weighted by Crippen LogP contribution is 2.25. The van der Waals surface area contributed by atoms with Crippen molar-refractivity contribution < 1.29 is 9.53 Å². The lowest BCUT2D eigenvalue weighted by atomic mass is 9.87. The Balaban J connectivity index is 2.60. The van der Waals surface area contributed by atoms with Gasteiger partial charge >= 0.3 is 5.97 Å². The maximum Gasteiger partial charge on any atom is 0.323 e. The third kappa shape index (κ3) is 3.98. The van der Waals surface area contributed by atoms with Crippen LogP contribution in [0.4, 0.5) is 0 Å². The molecule has 3 unspecified atom stereocenters. The molecule has 17 heavy (non-hydrogen) atoms. The summed E-state index contributed by atoms with van der Waals surface area (Å²) in [4.78, 5) is 14.3. The fourth-order valence-electron chi connectivity index (χ4n) is 2.54. The molecule has 0 aromatic carbocycles. The van der Waals surface area contributed by atoms with Crippen LogP contribution in [-0.4, -0.2) is 36.6 Å². The molecule has 0 aromatic heterocycles. The topological polar surface area (TPSA) is 29.5 Å². The van der Waals surface area contributed by atoms with Crippen molar-refractivity contribution in [3.63, 3.8) is 0 Å². The lowest BCUT2D eigenvalue weighted by Crippen LogP contribution is -2.48. The minimum Gasteiger partial charge on any atom is -0.465 e. The molecule has 0 bridgehead atoms. The van der Waals surface area contributed by atoms with Crippen molar-refractivity contribution >= 4 is 5.97 Å². The van der Waals surface area contributed by atoms with Crippen molar-refractivity contribution in [2.24, 2.45) is 11.8 Å². The van der Waals surface area contributed by atoms with Crippen LogP contribution in [0.1, 0.15) is 47.0 Å². The molecular formula is C14H27NO2. The summed E-state index contributed by atoms with van der Waals surface area (Å²) in [5, 5.41) is 0. The van der Waals surface area contributed by atoms with Crippen LogP contribution in [0.25, 0.3) is 0 Å². The Labute approximate surface area is 106 Å². The molecule has 0 aliphatic carbocycles. The zero-order valence-corrected chi connectivity index (χ0v) is 11.7. The summed E-state index contributed by atoms with van der Waals surface area (Å²) in [6.07, 6.45) is 3.14. The molecule has 0 spiro atoms. The summed E-state index contributed by atoms with van der Waals surface area (Å²) in [5.74, 6) is 1.42. The van der Waals surface area contributed by atoms with E-state index in [1.165, 1.54) is 6.42 Å². The lowest BCUT2D eigenvalue weighted by molar-refractivity contribution is -0.151. The number of likely N-dealkylation sites (tertiary alicyclic amines) is 1. The third-order valence-electron chi connectivity index (χ3n) is 3.93. The maximum atomic E-state index is 12.0. The Morgan fingerprint density at radius 3 is 2.59 bits per heavy atom. The van der Waals surface area contributed by atoms with Gasteiger partial charge in [0.15, 0.2) is 0 Å². The number of nitrogens with zero attached hydrogens (tertiary/aromatic N) is 1. The summed E-state index contributed by atoms with van der Waals surface area (Å²) in [5.41, 5.74) is 0. The van der Waals surface area contributed by atoms with Crippen LogP contribution in [-0.2, 0) is 9.53 Å². The molecule has 0 radical (unpaired) electrons.